The van der Waals surface area contributed by atoms with Crippen molar-refractivity contribution in [3.05, 3.63) is 108 Å². The highest BCUT2D eigenvalue weighted by atomic mass is 35.5. The number of carboxylic acids is 1. The summed E-state index contributed by atoms with van der Waals surface area (Å²) < 4.78 is 28.3. The highest BCUT2D eigenvalue weighted by molar-refractivity contribution is 7.89. The zero-order valence-electron chi connectivity index (χ0n) is 19.2. The number of anilines is 1. The van der Waals surface area contributed by atoms with Crippen LogP contribution < -0.4 is 5.32 Å². The van der Waals surface area contributed by atoms with Gasteiger partial charge in [0.05, 0.1) is 12.2 Å². The minimum Gasteiger partial charge on any atom is -0.480 e. The summed E-state index contributed by atoms with van der Waals surface area (Å²) in [4.78, 5) is 19.3. The lowest BCUT2D eigenvalue weighted by Crippen LogP contribution is -2.31. The quantitative estimate of drug-likeness (QED) is 0.315. The van der Waals surface area contributed by atoms with Crippen LogP contribution in [-0.4, -0.2) is 40.3 Å². The summed E-state index contributed by atoms with van der Waals surface area (Å²) in [7, 11) is -3.93. The Bertz CT molecular complexity index is 1390. The first kappa shape index (κ1) is 26.8. The number of carboxylic acid groups (broad SMARTS) is 1. The minimum atomic E-state index is -3.93. The van der Waals surface area contributed by atoms with Crippen LogP contribution in [0.4, 0.5) is 5.82 Å². The molecule has 0 aliphatic rings. The zero-order chi connectivity index (χ0) is 24.7. The van der Waals surface area contributed by atoms with Crippen LogP contribution in [0.2, 0.25) is 0 Å². The van der Waals surface area contributed by atoms with Crippen LogP contribution in [0.25, 0.3) is 11.1 Å². The number of sulfonamides is 1. The Morgan fingerprint density at radius 3 is 2.19 bits per heavy atom. The average molecular weight is 525 g/mol. The van der Waals surface area contributed by atoms with Gasteiger partial charge >= 0.3 is 5.97 Å². The third kappa shape index (κ3) is 6.88. The van der Waals surface area contributed by atoms with Crippen LogP contribution in [0.1, 0.15) is 11.3 Å². The summed E-state index contributed by atoms with van der Waals surface area (Å²) >= 11 is 0. The van der Waals surface area contributed by atoms with Gasteiger partial charge in [-0.05, 0) is 41.0 Å². The second-order valence-electron chi connectivity index (χ2n) is 7.77. The molecule has 2 aromatic carbocycles. The van der Waals surface area contributed by atoms with Crippen molar-refractivity contribution in [3.63, 3.8) is 0 Å². The van der Waals surface area contributed by atoms with E-state index in [4.69, 9.17) is 5.11 Å². The lowest BCUT2D eigenvalue weighted by molar-refractivity contribution is -0.134. The van der Waals surface area contributed by atoms with Gasteiger partial charge in [-0.3, -0.25) is 4.79 Å². The Balaban J connectivity index is 0.00000361. The molecule has 0 spiro atoms. The van der Waals surface area contributed by atoms with Gasteiger partial charge in [-0.2, -0.15) is 4.31 Å². The average Bonchev–Trinajstić information content (AvgIpc) is 2.89. The highest BCUT2D eigenvalue weighted by Gasteiger charge is 2.26. The van der Waals surface area contributed by atoms with Crippen molar-refractivity contribution in [2.45, 2.75) is 18.1 Å². The van der Waals surface area contributed by atoms with Gasteiger partial charge in [0, 0.05) is 12.7 Å². The van der Waals surface area contributed by atoms with E-state index in [9.17, 15) is 13.2 Å². The first-order valence-corrected chi connectivity index (χ1v) is 12.3. The van der Waals surface area contributed by atoms with Crippen LogP contribution >= 0.6 is 12.4 Å². The van der Waals surface area contributed by atoms with Crippen LogP contribution in [0.3, 0.4) is 0 Å². The molecule has 0 saturated heterocycles. The topological polar surface area (TPSA) is 112 Å². The highest BCUT2D eigenvalue weighted by Crippen LogP contribution is 2.23. The summed E-state index contributed by atoms with van der Waals surface area (Å²) in [5.41, 5.74) is 3.39. The van der Waals surface area contributed by atoms with Gasteiger partial charge in [0.15, 0.2) is 5.03 Å². The lowest BCUT2D eigenvalue weighted by Gasteiger charge is -2.22. The van der Waals surface area contributed by atoms with E-state index in [0.29, 0.717) is 11.5 Å². The van der Waals surface area contributed by atoms with Crippen LogP contribution in [-0.2, 0) is 27.9 Å². The number of rotatable bonds is 10. The molecule has 4 rings (SSSR count). The van der Waals surface area contributed by atoms with Crippen molar-refractivity contribution in [1.29, 1.82) is 0 Å². The lowest BCUT2D eigenvalue weighted by atomic mass is 10.0. The number of hydrogen-bond donors (Lipinski definition) is 2. The molecule has 4 aromatic rings. The van der Waals surface area contributed by atoms with Crippen molar-refractivity contribution >= 4 is 34.2 Å². The summed E-state index contributed by atoms with van der Waals surface area (Å²) in [6.45, 7) is -0.190. The minimum absolute atomic E-state index is 0. The largest absolute Gasteiger partial charge is 0.480 e. The summed E-state index contributed by atoms with van der Waals surface area (Å²) in [6.07, 6.45) is 1.44. The molecular weight excluding hydrogens is 500 g/mol. The molecule has 8 nitrogen and oxygen atoms in total. The van der Waals surface area contributed by atoms with Crippen LogP contribution in [0.15, 0.2) is 102 Å². The van der Waals surface area contributed by atoms with E-state index in [-0.39, 0.29) is 37.1 Å². The first-order valence-electron chi connectivity index (χ1n) is 10.9. The number of hydrogen-bond acceptors (Lipinski definition) is 6. The second-order valence-corrected chi connectivity index (χ2v) is 9.65. The normalized spacial score (nSPS) is 11.0. The fourth-order valence-electron chi connectivity index (χ4n) is 3.51. The fourth-order valence-corrected chi connectivity index (χ4v) is 4.84. The molecule has 0 fully saturated rings. The standard InChI is InChI=1S/C26H24N4O4S.ClH/c31-26(32)17-28-24-10-6-9-23(29-24)19-30(35(33,34)25-11-4-5-16-27-25)18-20-12-14-22(15-13-20)21-7-2-1-3-8-21;/h1-16H,17-19H2,(H,28,29)(H,31,32);1H. The predicted molar refractivity (Wildman–Crippen MR) is 140 cm³/mol. The molecular formula is C26H25ClN4O4S. The predicted octanol–water partition coefficient (Wildman–Crippen LogP) is 4.45. The Morgan fingerprint density at radius 2 is 1.53 bits per heavy atom. The molecule has 36 heavy (non-hydrogen) atoms. The van der Waals surface area contributed by atoms with E-state index in [1.54, 1.807) is 30.3 Å². The maximum Gasteiger partial charge on any atom is 0.322 e. The third-order valence-electron chi connectivity index (χ3n) is 5.23. The number of benzene rings is 2. The van der Waals surface area contributed by atoms with E-state index in [1.807, 2.05) is 54.6 Å². The monoisotopic (exact) mass is 524 g/mol. The fraction of sp³-hybridized carbons (Fsp3) is 0.115. The molecule has 0 aliphatic carbocycles. The number of nitrogens with one attached hydrogen (secondary N) is 1. The van der Waals surface area contributed by atoms with Crippen molar-refractivity contribution in [1.82, 2.24) is 14.3 Å². The van der Waals surface area contributed by atoms with E-state index in [0.717, 1.165) is 16.7 Å². The number of halogens is 1. The number of pyridine rings is 2. The van der Waals surface area contributed by atoms with Gasteiger partial charge in [-0.15, -0.1) is 12.4 Å². The van der Waals surface area contributed by atoms with Crippen LogP contribution in [0, 0.1) is 0 Å². The molecule has 2 aromatic heterocycles. The molecule has 186 valence electrons. The van der Waals surface area contributed by atoms with Gasteiger partial charge in [-0.25, -0.2) is 18.4 Å². The molecule has 0 radical (unpaired) electrons. The Kier molecular flexibility index (Phi) is 9.13. The number of carbonyl (C=O) groups is 1. The van der Waals surface area contributed by atoms with Gasteiger partial charge in [0.25, 0.3) is 10.0 Å². The van der Waals surface area contributed by atoms with Gasteiger partial charge in [0.2, 0.25) is 0 Å². The molecule has 10 heteroatoms. The molecule has 0 unspecified atom stereocenters. The molecule has 0 aliphatic heterocycles. The third-order valence-corrected chi connectivity index (χ3v) is 6.94. The molecule has 0 saturated carbocycles. The summed E-state index contributed by atoms with van der Waals surface area (Å²) in [5, 5.41) is 11.5. The summed E-state index contributed by atoms with van der Waals surface area (Å²) in [6, 6.07) is 27.4. The van der Waals surface area contributed by atoms with Gasteiger partial charge < -0.3 is 10.4 Å². The second kappa shape index (κ2) is 12.3. The zero-order valence-corrected chi connectivity index (χ0v) is 20.8. The number of aromatic nitrogens is 2. The van der Waals surface area contributed by atoms with Crippen molar-refractivity contribution in [3.8, 4) is 11.1 Å². The summed E-state index contributed by atoms with van der Waals surface area (Å²) in [5.74, 6) is -0.664. The molecule has 0 amide bonds. The first-order chi connectivity index (χ1) is 16.9. The van der Waals surface area contributed by atoms with E-state index in [2.05, 4.69) is 15.3 Å². The SMILES string of the molecule is Cl.O=C(O)CNc1cccc(CN(Cc2ccc(-c3ccccc3)cc2)S(=O)(=O)c2ccccn2)n1. The number of nitrogens with zero attached hydrogens (tertiary/aromatic N) is 3. The maximum atomic E-state index is 13.5. The van der Waals surface area contributed by atoms with Crippen LogP contribution in [0.5, 0.6) is 0 Å². The maximum absolute atomic E-state index is 13.5. The van der Waals surface area contributed by atoms with E-state index >= 15 is 0 Å². The van der Waals surface area contributed by atoms with Crippen molar-refractivity contribution in [2.75, 3.05) is 11.9 Å². The molecule has 2 N–H and O–H groups in total. The van der Waals surface area contributed by atoms with Crippen molar-refractivity contribution < 1.29 is 18.3 Å². The smallest absolute Gasteiger partial charge is 0.322 e. The number of aliphatic carboxylic acids is 1. The Hall–Kier alpha value is -3.79. The molecule has 2 heterocycles. The van der Waals surface area contributed by atoms with Gasteiger partial charge in [-0.1, -0.05) is 66.7 Å². The van der Waals surface area contributed by atoms with Crippen molar-refractivity contribution in [2.24, 2.45) is 0 Å². The molecule has 0 atom stereocenters. The Morgan fingerprint density at radius 1 is 0.833 bits per heavy atom. The van der Waals surface area contributed by atoms with E-state index in [1.165, 1.54) is 16.6 Å². The van der Waals surface area contributed by atoms with Gasteiger partial charge in [0.1, 0.15) is 12.4 Å². The molecule has 0 bridgehead atoms. The van der Waals surface area contributed by atoms with E-state index < -0.39 is 16.0 Å². The Labute approximate surface area is 216 Å².